The molecule has 118 valence electrons. The van der Waals surface area contributed by atoms with Gasteiger partial charge >= 0.3 is 11.3 Å². The second-order valence-electron chi connectivity index (χ2n) is 5.58. The second-order valence-corrected chi connectivity index (χ2v) is 5.58. The van der Waals surface area contributed by atoms with Crippen molar-refractivity contribution in [2.24, 2.45) is 5.92 Å². The predicted octanol–water partition coefficient (Wildman–Crippen LogP) is 0.824. The average Bonchev–Trinajstić information content (AvgIpc) is 2.40. The molecule has 2 heterocycles. The number of aryl methyl sites for hydroxylation is 1. The van der Waals surface area contributed by atoms with E-state index in [0.29, 0.717) is 17.9 Å². The molecule has 0 aromatic carbocycles. The maximum absolute atomic E-state index is 12.1. The van der Waals surface area contributed by atoms with Crippen molar-refractivity contribution in [3.05, 3.63) is 42.9 Å². The summed E-state index contributed by atoms with van der Waals surface area (Å²) in [6, 6.07) is 1.33. The fourth-order valence-electron chi connectivity index (χ4n) is 2.80. The number of H-pyrrole nitrogens is 1. The first-order valence-corrected chi connectivity index (χ1v) is 7.55. The van der Waals surface area contributed by atoms with Crippen LogP contribution in [0.5, 0.6) is 0 Å². The summed E-state index contributed by atoms with van der Waals surface area (Å²) in [5.41, 5.74) is -1.41. The van der Waals surface area contributed by atoms with Crippen molar-refractivity contribution < 1.29 is 9.25 Å². The van der Waals surface area contributed by atoms with Gasteiger partial charge in [-0.05, 0) is 31.2 Å². The Kier molecular flexibility index (Phi) is 3.87. The van der Waals surface area contributed by atoms with Crippen LogP contribution in [0, 0.1) is 5.92 Å². The highest BCUT2D eigenvalue weighted by Gasteiger charge is 2.20. The monoisotopic (exact) mass is 306 g/mol. The van der Waals surface area contributed by atoms with Crippen LogP contribution in [-0.2, 0) is 6.42 Å². The van der Waals surface area contributed by atoms with E-state index in [-0.39, 0.29) is 17.7 Å². The van der Waals surface area contributed by atoms with Gasteiger partial charge in [0, 0.05) is 6.07 Å². The molecule has 7 nitrogen and oxygen atoms in total. The standard InChI is InChI=1S/C15H18N2O5/c1-2-21-17-14-12(13(19)16-15(17)20)10(8-11(18)22-14)7-6-9-4-3-5-9/h8-9H,2-7H2,1H3,(H,16,19,20). The average molecular weight is 306 g/mol. The number of fused-ring (bicyclic) bond motifs is 1. The van der Waals surface area contributed by atoms with E-state index >= 15 is 0 Å². The minimum absolute atomic E-state index is 0.119. The van der Waals surface area contributed by atoms with Gasteiger partial charge in [-0.25, -0.2) is 9.59 Å². The van der Waals surface area contributed by atoms with Crippen LogP contribution in [-0.4, -0.2) is 16.3 Å². The lowest BCUT2D eigenvalue weighted by Crippen LogP contribution is -2.35. The van der Waals surface area contributed by atoms with Crippen LogP contribution >= 0.6 is 0 Å². The van der Waals surface area contributed by atoms with Gasteiger partial charge in [-0.1, -0.05) is 24.0 Å². The van der Waals surface area contributed by atoms with E-state index in [0.717, 1.165) is 11.2 Å². The summed E-state index contributed by atoms with van der Waals surface area (Å²) in [6.07, 6.45) is 5.16. The summed E-state index contributed by atoms with van der Waals surface area (Å²) < 4.78 is 5.90. The first-order chi connectivity index (χ1) is 10.6. The topological polar surface area (TPSA) is 94.3 Å². The molecule has 0 unspecified atom stereocenters. The zero-order valence-electron chi connectivity index (χ0n) is 12.4. The van der Waals surface area contributed by atoms with E-state index in [1.54, 1.807) is 6.92 Å². The third-order valence-corrected chi connectivity index (χ3v) is 4.15. The number of aromatic amines is 1. The van der Waals surface area contributed by atoms with Gasteiger partial charge in [-0.15, -0.1) is 0 Å². The van der Waals surface area contributed by atoms with E-state index in [4.69, 9.17) is 9.25 Å². The van der Waals surface area contributed by atoms with E-state index in [2.05, 4.69) is 4.98 Å². The minimum Gasteiger partial charge on any atom is -0.406 e. The summed E-state index contributed by atoms with van der Waals surface area (Å²) in [6.45, 7) is 1.90. The first-order valence-electron chi connectivity index (χ1n) is 7.55. The molecule has 2 aromatic heterocycles. The molecule has 0 atom stereocenters. The van der Waals surface area contributed by atoms with E-state index in [1.165, 1.54) is 25.3 Å². The number of aromatic nitrogens is 2. The first kappa shape index (κ1) is 14.6. The second kappa shape index (κ2) is 5.82. The lowest BCUT2D eigenvalue weighted by Gasteiger charge is -2.25. The molecule has 2 aromatic rings. The van der Waals surface area contributed by atoms with Crippen LogP contribution < -0.4 is 21.7 Å². The van der Waals surface area contributed by atoms with Gasteiger partial charge in [0.15, 0.2) is 0 Å². The minimum atomic E-state index is -0.751. The molecule has 3 rings (SSSR count). The Bertz CT molecular complexity index is 857. The maximum Gasteiger partial charge on any atom is 0.364 e. The van der Waals surface area contributed by atoms with Crippen molar-refractivity contribution in [3.8, 4) is 0 Å². The van der Waals surface area contributed by atoms with E-state index in [9.17, 15) is 14.4 Å². The molecule has 1 saturated carbocycles. The predicted molar refractivity (Wildman–Crippen MR) is 80.1 cm³/mol. The Hall–Kier alpha value is -2.31. The van der Waals surface area contributed by atoms with Gasteiger partial charge in [0.05, 0.1) is 0 Å². The molecular formula is C15H18N2O5. The third-order valence-electron chi connectivity index (χ3n) is 4.15. The molecule has 0 spiro atoms. The molecule has 0 radical (unpaired) electrons. The quantitative estimate of drug-likeness (QED) is 0.882. The molecular weight excluding hydrogens is 288 g/mol. The zero-order chi connectivity index (χ0) is 15.7. The molecule has 0 bridgehead atoms. The van der Waals surface area contributed by atoms with Crippen molar-refractivity contribution in [1.82, 2.24) is 9.71 Å². The summed E-state index contributed by atoms with van der Waals surface area (Å²) in [5, 5.41) is 0.215. The van der Waals surface area contributed by atoms with Gasteiger partial charge in [-0.3, -0.25) is 9.78 Å². The number of nitrogens with one attached hydrogen (secondary N) is 1. The maximum atomic E-state index is 12.1. The van der Waals surface area contributed by atoms with Crippen molar-refractivity contribution in [1.29, 1.82) is 0 Å². The largest absolute Gasteiger partial charge is 0.406 e. The summed E-state index contributed by atoms with van der Waals surface area (Å²) in [4.78, 5) is 43.1. The van der Waals surface area contributed by atoms with Gasteiger partial charge in [0.1, 0.15) is 12.0 Å². The summed E-state index contributed by atoms with van der Waals surface area (Å²) >= 11 is 0. The molecule has 0 aliphatic heterocycles. The van der Waals surface area contributed by atoms with Crippen LogP contribution in [0.25, 0.3) is 11.1 Å². The lowest BCUT2D eigenvalue weighted by molar-refractivity contribution is 0.111. The van der Waals surface area contributed by atoms with Crippen LogP contribution in [0.3, 0.4) is 0 Å². The highest BCUT2D eigenvalue weighted by atomic mass is 16.7. The number of rotatable bonds is 5. The molecule has 1 aliphatic rings. The van der Waals surface area contributed by atoms with Crippen molar-refractivity contribution in [2.75, 3.05) is 6.61 Å². The number of hydrogen-bond acceptors (Lipinski definition) is 5. The van der Waals surface area contributed by atoms with E-state index < -0.39 is 16.9 Å². The molecule has 7 heteroatoms. The van der Waals surface area contributed by atoms with Crippen LogP contribution in [0.15, 0.2) is 24.9 Å². The number of nitrogens with zero attached hydrogens (tertiary/aromatic N) is 1. The molecule has 0 saturated heterocycles. The highest BCUT2D eigenvalue weighted by molar-refractivity contribution is 5.75. The van der Waals surface area contributed by atoms with Crippen LogP contribution in [0.2, 0.25) is 0 Å². The fraction of sp³-hybridized carbons (Fsp3) is 0.533. The third kappa shape index (κ3) is 2.58. The summed E-state index contributed by atoms with van der Waals surface area (Å²) in [7, 11) is 0. The Morgan fingerprint density at radius 2 is 2.14 bits per heavy atom. The van der Waals surface area contributed by atoms with Crippen LogP contribution in [0.1, 0.15) is 38.2 Å². The Morgan fingerprint density at radius 1 is 1.36 bits per heavy atom. The molecule has 0 amide bonds. The molecule has 22 heavy (non-hydrogen) atoms. The highest BCUT2D eigenvalue weighted by Crippen LogP contribution is 2.30. The van der Waals surface area contributed by atoms with Gasteiger partial charge in [0.2, 0.25) is 0 Å². The summed E-state index contributed by atoms with van der Waals surface area (Å²) in [5.74, 6) is 0.652. The smallest absolute Gasteiger partial charge is 0.364 e. The molecule has 1 fully saturated rings. The van der Waals surface area contributed by atoms with Gasteiger partial charge in [0.25, 0.3) is 11.3 Å². The Morgan fingerprint density at radius 3 is 2.77 bits per heavy atom. The van der Waals surface area contributed by atoms with Gasteiger partial charge in [-0.2, -0.15) is 0 Å². The molecule has 1 N–H and O–H groups in total. The molecule has 1 aliphatic carbocycles. The Labute approximate surface area is 125 Å². The van der Waals surface area contributed by atoms with Crippen molar-refractivity contribution in [3.63, 3.8) is 0 Å². The Balaban J connectivity index is 2.15. The van der Waals surface area contributed by atoms with Crippen LogP contribution in [0.4, 0.5) is 0 Å². The number of hydrogen-bond donors (Lipinski definition) is 1. The van der Waals surface area contributed by atoms with E-state index in [1.807, 2.05) is 0 Å². The normalized spacial score (nSPS) is 15.0. The van der Waals surface area contributed by atoms with Crippen molar-refractivity contribution >= 4 is 11.1 Å². The van der Waals surface area contributed by atoms with Crippen molar-refractivity contribution in [2.45, 2.75) is 39.0 Å². The lowest BCUT2D eigenvalue weighted by atomic mass is 9.81. The fourth-order valence-corrected chi connectivity index (χ4v) is 2.80. The van der Waals surface area contributed by atoms with Gasteiger partial charge < -0.3 is 9.25 Å². The zero-order valence-corrected chi connectivity index (χ0v) is 12.4. The SMILES string of the molecule is CCOn1c(=O)[nH]c(=O)c2c(CCC3CCC3)cc(=O)oc21.